The molecule has 0 atom stereocenters. The van der Waals surface area contributed by atoms with Crippen molar-refractivity contribution in [2.24, 2.45) is 5.92 Å². The van der Waals surface area contributed by atoms with Gasteiger partial charge in [0.1, 0.15) is 17.5 Å². The molecule has 1 rings (SSSR count). The van der Waals surface area contributed by atoms with Gasteiger partial charge in [-0.15, -0.1) is 0 Å². The van der Waals surface area contributed by atoms with Gasteiger partial charge in [0.2, 0.25) is 0 Å². The zero-order valence-corrected chi connectivity index (χ0v) is 12.5. The number of nitrogens with zero attached hydrogens (tertiary/aromatic N) is 2. The molecule has 5 nitrogen and oxygen atoms in total. The molecule has 108 valence electrons. The van der Waals surface area contributed by atoms with Crippen LogP contribution in [-0.4, -0.2) is 29.7 Å². The predicted molar refractivity (Wildman–Crippen MR) is 79.3 cm³/mol. The summed E-state index contributed by atoms with van der Waals surface area (Å²) in [6.07, 6.45) is 1.86. The Balaban J connectivity index is 2.52. The lowest BCUT2D eigenvalue weighted by Crippen LogP contribution is -2.15. The van der Waals surface area contributed by atoms with Crippen LogP contribution in [0.2, 0.25) is 0 Å². The Kier molecular flexibility index (Phi) is 6.56. The Morgan fingerprint density at radius 1 is 1.32 bits per heavy atom. The van der Waals surface area contributed by atoms with Crippen LogP contribution >= 0.6 is 0 Å². The van der Waals surface area contributed by atoms with E-state index in [-0.39, 0.29) is 0 Å². The third kappa shape index (κ3) is 5.42. The van der Waals surface area contributed by atoms with Gasteiger partial charge in [-0.2, -0.15) is 0 Å². The van der Waals surface area contributed by atoms with Crippen LogP contribution in [0.15, 0.2) is 0 Å². The van der Waals surface area contributed by atoms with E-state index in [9.17, 15) is 0 Å². The molecule has 0 aliphatic carbocycles. The number of anilines is 2. The van der Waals surface area contributed by atoms with Crippen LogP contribution in [0.4, 0.5) is 11.6 Å². The summed E-state index contributed by atoms with van der Waals surface area (Å²) >= 11 is 0. The average molecular weight is 266 g/mol. The molecule has 3 N–H and O–H groups in total. The highest BCUT2D eigenvalue weighted by atomic mass is 16.5. The topological polar surface area (TPSA) is 73.1 Å². The van der Waals surface area contributed by atoms with Gasteiger partial charge in [0, 0.05) is 25.1 Å². The van der Waals surface area contributed by atoms with E-state index in [1.165, 1.54) is 0 Å². The van der Waals surface area contributed by atoms with E-state index in [2.05, 4.69) is 36.1 Å². The SMILES string of the molecule is CCCc1nc(N)c(C)c(NCCOCC(C)C)n1. The molecule has 5 heteroatoms. The van der Waals surface area contributed by atoms with Gasteiger partial charge in [0.05, 0.1) is 6.61 Å². The summed E-state index contributed by atoms with van der Waals surface area (Å²) < 4.78 is 5.53. The van der Waals surface area contributed by atoms with E-state index >= 15 is 0 Å². The molecule has 0 amide bonds. The summed E-state index contributed by atoms with van der Waals surface area (Å²) in [5, 5.41) is 3.27. The van der Waals surface area contributed by atoms with Gasteiger partial charge in [0.25, 0.3) is 0 Å². The third-order valence-electron chi connectivity index (χ3n) is 2.69. The molecular weight excluding hydrogens is 240 g/mol. The molecule has 0 spiro atoms. The number of nitrogens with one attached hydrogen (secondary N) is 1. The zero-order valence-electron chi connectivity index (χ0n) is 12.5. The first-order chi connectivity index (χ1) is 9.04. The molecule has 1 heterocycles. The number of hydrogen-bond donors (Lipinski definition) is 2. The Morgan fingerprint density at radius 3 is 2.68 bits per heavy atom. The monoisotopic (exact) mass is 266 g/mol. The molecule has 0 radical (unpaired) electrons. The first-order valence-corrected chi connectivity index (χ1v) is 6.99. The molecule has 1 aromatic heterocycles. The molecule has 0 saturated heterocycles. The summed E-state index contributed by atoms with van der Waals surface area (Å²) in [5.74, 6) is 2.75. The summed E-state index contributed by atoms with van der Waals surface area (Å²) in [6, 6.07) is 0. The van der Waals surface area contributed by atoms with Crippen LogP contribution in [-0.2, 0) is 11.2 Å². The fourth-order valence-electron chi connectivity index (χ4n) is 1.65. The van der Waals surface area contributed by atoms with E-state index in [0.717, 1.165) is 43.2 Å². The Bertz CT molecular complexity index is 393. The highest BCUT2D eigenvalue weighted by Crippen LogP contribution is 2.17. The van der Waals surface area contributed by atoms with Crippen molar-refractivity contribution in [1.29, 1.82) is 0 Å². The maximum Gasteiger partial charge on any atom is 0.134 e. The van der Waals surface area contributed by atoms with Crippen LogP contribution in [0.5, 0.6) is 0 Å². The van der Waals surface area contributed by atoms with Crippen LogP contribution in [0.25, 0.3) is 0 Å². The number of aromatic nitrogens is 2. The Morgan fingerprint density at radius 2 is 2.05 bits per heavy atom. The number of rotatable bonds is 8. The molecule has 0 aromatic carbocycles. The molecule has 0 bridgehead atoms. The van der Waals surface area contributed by atoms with Gasteiger partial charge >= 0.3 is 0 Å². The van der Waals surface area contributed by atoms with E-state index in [0.29, 0.717) is 18.3 Å². The molecule has 0 saturated carbocycles. The van der Waals surface area contributed by atoms with Crippen molar-refractivity contribution < 1.29 is 4.74 Å². The lowest BCUT2D eigenvalue weighted by atomic mass is 10.2. The van der Waals surface area contributed by atoms with E-state index in [1.807, 2.05) is 6.92 Å². The van der Waals surface area contributed by atoms with Crippen molar-refractivity contribution in [3.05, 3.63) is 11.4 Å². The van der Waals surface area contributed by atoms with Crippen LogP contribution in [0.1, 0.15) is 38.6 Å². The summed E-state index contributed by atoms with van der Waals surface area (Å²) in [4.78, 5) is 8.78. The minimum Gasteiger partial charge on any atom is -0.383 e. The van der Waals surface area contributed by atoms with Crippen molar-refractivity contribution in [1.82, 2.24) is 9.97 Å². The average Bonchev–Trinajstić information content (AvgIpc) is 2.34. The third-order valence-corrected chi connectivity index (χ3v) is 2.69. The fourth-order valence-corrected chi connectivity index (χ4v) is 1.65. The van der Waals surface area contributed by atoms with Crippen molar-refractivity contribution in [2.45, 2.75) is 40.5 Å². The fraction of sp³-hybridized carbons (Fsp3) is 0.714. The van der Waals surface area contributed by atoms with Crippen molar-refractivity contribution in [3.8, 4) is 0 Å². The van der Waals surface area contributed by atoms with Gasteiger partial charge in [0.15, 0.2) is 0 Å². The van der Waals surface area contributed by atoms with Crippen molar-refractivity contribution in [2.75, 3.05) is 30.8 Å². The van der Waals surface area contributed by atoms with Gasteiger partial charge in [-0.3, -0.25) is 0 Å². The summed E-state index contributed by atoms with van der Waals surface area (Å²) in [7, 11) is 0. The number of nitrogen functional groups attached to an aromatic ring is 1. The molecule has 0 unspecified atom stereocenters. The molecule has 0 fully saturated rings. The normalized spacial score (nSPS) is 11.0. The number of hydrogen-bond acceptors (Lipinski definition) is 5. The van der Waals surface area contributed by atoms with E-state index in [4.69, 9.17) is 10.5 Å². The van der Waals surface area contributed by atoms with Gasteiger partial charge in [-0.1, -0.05) is 20.8 Å². The van der Waals surface area contributed by atoms with Gasteiger partial charge in [-0.05, 0) is 19.3 Å². The maximum absolute atomic E-state index is 5.90. The Labute approximate surface area is 116 Å². The minimum atomic E-state index is 0.559. The highest BCUT2D eigenvalue weighted by molar-refractivity contribution is 5.54. The second-order valence-corrected chi connectivity index (χ2v) is 5.14. The molecule has 0 aliphatic rings. The van der Waals surface area contributed by atoms with Gasteiger partial charge < -0.3 is 15.8 Å². The smallest absolute Gasteiger partial charge is 0.134 e. The van der Waals surface area contributed by atoms with E-state index in [1.54, 1.807) is 0 Å². The minimum absolute atomic E-state index is 0.559. The molecule has 1 aromatic rings. The highest BCUT2D eigenvalue weighted by Gasteiger charge is 2.07. The summed E-state index contributed by atoms with van der Waals surface area (Å²) in [5.41, 5.74) is 6.81. The second kappa shape index (κ2) is 7.94. The predicted octanol–water partition coefficient (Wildman–Crippen LogP) is 2.40. The number of ether oxygens (including phenoxy) is 1. The number of nitrogens with two attached hydrogens (primary N) is 1. The molecule has 0 aliphatic heterocycles. The lowest BCUT2D eigenvalue weighted by Gasteiger charge is -2.12. The lowest BCUT2D eigenvalue weighted by molar-refractivity contribution is 0.118. The molecular formula is C14H26N4O. The first kappa shape index (κ1) is 15.7. The second-order valence-electron chi connectivity index (χ2n) is 5.14. The van der Waals surface area contributed by atoms with Crippen LogP contribution in [0, 0.1) is 12.8 Å². The van der Waals surface area contributed by atoms with Crippen molar-refractivity contribution >= 4 is 11.6 Å². The molecule has 19 heavy (non-hydrogen) atoms. The quantitative estimate of drug-likeness (QED) is 0.707. The summed E-state index contributed by atoms with van der Waals surface area (Å²) in [6.45, 7) is 10.5. The largest absolute Gasteiger partial charge is 0.383 e. The van der Waals surface area contributed by atoms with Crippen LogP contribution < -0.4 is 11.1 Å². The standard InChI is InChI=1S/C14H26N4O/c1-5-6-12-17-13(15)11(4)14(18-12)16-7-8-19-9-10(2)3/h10H,5-9H2,1-4H3,(H3,15,16,17,18). The van der Waals surface area contributed by atoms with Crippen molar-refractivity contribution in [3.63, 3.8) is 0 Å². The van der Waals surface area contributed by atoms with Crippen LogP contribution in [0.3, 0.4) is 0 Å². The van der Waals surface area contributed by atoms with E-state index < -0.39 is 0 Å². The van der Waals surface area contributed by atoms with Gasteiger partial charge in [-0.25, -0.2) is 9.97 Å². The zero-order chi connectivity index (χ0) is 14.3. The Hall–Kier alpha value is -1.36. The maximum atomic E-state index is 5.90. The number of aryl methyl sites for hydroxylation is 1. The first-order valence-electron chi connectivity index (χ1n) is 6.99.